The summed E-state index contributed by atoms with van der Waals surface area (Å²) in [7, 11) is 1.28. The number of thiophene rings is 1. The number of nitrogens with two attached hydrogens (primary N) is 3. The van der Waals surface area contributed by atoms with E-state index in [1.165, 1.54) is 23.8 Å². The summed E-state index contributed by atoms with van der Waals surface area (Å²) in [6.07, 6.45) is 1.39. The Morgan fingerprint density at radius 2 is 1.88 bits per heavy atom. The van der Waals surface area contributed by atoms with E-state index < -0.39 is 5.97 Å². The summed E-state index contributed by atoms with van der Waals surface area (Å²) in [5.74, 6) is 5.06. The molecule has 10 heteroatoms. The average molecular weight is 509 g/mol. The Labute approximate surface area is 208 Å². The van der Waals surface area contributed by atoms with Crippen LogP contribution in [0.2, 0.25) is 5.02 Å². The van der Waals surface area contributed by atoms with Gasteiger partial charge < -0.3 is 26.3 Å². The van der Waals surface area contributed by atoms with Gasteiger partial charge in [-0.05, 0) is 42.3 Å². The van der Waals surface area contributed by atoms with Crippen molar-refractivity contribution in [1.29, 1.82) is 0 Å². The van der Waals surface area contributed by atoms with Gasteiger partial charge in [0.25, 0.3) is 0 Å². The molecular formula is C23H29ClN4O3S2. The van der Waals surface area contributed by atoms with Gasteiger partial charge in [0.1, 0.15) is 12.3 Å². The minimum Gasteiger partial charge on any atom is -0.506 e. The molecule has 0 aliphatic heterocycles. The third-order valence-corrected chi connectivity index (χ3v) is 5.52. The van der Waals surface area contributed by atoms with Crippen molar-refractivity contribution in [2.24, 2.45) is 17.3 Å². The van der Waals surface area contributed by atoms with Crippen LogP contribution >= 0.6 is 35.6 Å². The lowest BCUT2D eigenvalue weighted by atomic mass is 10.2. The lowest BCUT2D eigenvalue weighted by molar-refractivity contribution is -0.141. The first-order valence-electron chi connectivity index (χ1n) is 9.70. The lowest BCUT2D eigenvalue weighted by Gasteiger charge is -2.12. The predicted octanol–water partition coefficient (Wildman–Crippen LogP) is 4.15. The number of rotatable bonds is 5. The molecule has 3 rings (SSSR count). The highest BCUT2D eigenvalue weighted by Gasteiger charge is 2.03. The zero-order chi connectivity index (χ0) is 24.8. The normalized spacial score (nSPS) is 10.3. The first kappa shape index (κ1) is 28.3. The van der Waals surface area contributed by atoms with Gasteiger partial charge in [-0.15, -0.1) is 24.0 Å². The van der Waals surface area contributed by atoms with Crippen molar-refractivity contribution in [3.63, 3.8) is 0 Å². The van der Waals surface area contributed by atoms with Gasteiger partial charge in [-0.1, -0.05) is 48.0 Å². The van der Waals surface area contributed by atoms with Gasteiger partial charge >= 0.3 is 5.97 Å². The smallest absolute Gasteiger partial charge is 0.326 e. The second-order valence-electron chi connectivity index (χ2n) is 6.62. The molecule has 1 heterocycles. The molecule has 33 heavy (non-hydrogen) atoms. The molecule has 1 aromatic heterocycles. The van der Waals surface area contributed by atoms with E-state index in [1.54, 1.807) is 29.5 Å². The van der Waals surface area contributed by atoms with Crippen molar-refractivity contribution in [3.05, 3.63) is 83.1 Å². The number of hydrogen-bond donors (Lipinski definition) is 5. The molecule has 2 aromatic carbocycles. The number of aromatic hydroxyl groups is 1. The van der Waals surface area contributed by atoms with Crippen molar-refractivity contribution in [1.82, 2.24) is 5.01 Å². The number of ether oxygens (including phenoxy) is 1. The SMILES string of the molecule is COC(=O)CN(N)/C=C(\N)CN.Cc1ccc(O)c(Cl)c1.Sc1ccc(-c2ccccc2)s1. The molecule has 0 atom stereocenters. The van der Waals surface area contributed by atoms with Crippen LogP contribution in [-0.2, 0) is 9.53 Å². The van der Waals surface area contributed by atoms with Gasteiger partial charge in [-0.3, -0.25) is 4.79 Å². The second kappa shape index (κ2) is 15.2. The van der Waals surface area contributed by atoms with Gasteiger partial charge in [0.15, 0.2) is 0 Å². The molecule has 0 unspecified atom stereocenters. The zero-order valence-corrected chi connectivity index (χ0v) is 20.9. The fraction of sp³-hybridized carbons (Fsp3) is 0.174. The highest BCUT2D eigenvalue weighted by Crippen LogP contribution is 2.29. The van der Waals surface area contributed by atoms with Crippen LogP contribution in [0.15, 0.2) is 76.8 Å². The highest BCUT2D eigenvalue weighted by molar-refractivity contribution is 7.83. The second-order valence-corrected chi connectivity index (χ2v) is 8.89. The van der Waals surface area contributed by atoms with Crippen LogP contribution in [0.3, 0.4) is 0 Å². The van der Waals surface area contributed by atoms with E-state index in [-0.39, 0.29) is 18.8 Å². The van der Waals surface area contributed by atoms with Gasteiger partial charge in [0.05, 0.1) is 16.3 Å². The number of thiol groups is 1. The molecule has 0 radical (unpaired) electrons. The number of carbonyl (C=O) groups excluding carboxylic acids is 1. The number of phenolic OH excluding ortho intramolecular Hbond substituents is 1. The number of methoxy groups -OCH3 is 1. The third kappa shape index (κ3) is 11.7. The third-order valence-electron chi connectivity index (χ3n) is 3.86. The summed E-state index contributed by atoms with van der Waals surface area (Å²) < 4.78 is 5.44. The van der Waals surface area contributed by atoms with E-state index in [1.807, 2.05) is 31.2 Å². The highest BCUT2D eigenvalue weighted by atomic mass is 35.5. The Morgan fingerprint density at radius 1 is 1.21 bits per heavy atom. The summed E-state index contributed by atoms with van der Waals surface area (Å²) in [6.45, 7) is 2.08. The van der Waals surface area contributed by atoms with E-state index in [2.05, 4.69) is 35.6 Å². The number of nitrogens with zero attached hydrogens (tertiary/aromatic N) is 1. The van der Waals surface area contributed by atoms with E-state index in [0.717, 1.165) is 14.8 Å². The van der Waals surface area contributed by atoms with E-state index in [9.17, 15) is 4.79 Å². The Hall–Kier alpha value is -2.69. The number of phenols is 1. The van der Waals surface area contributed by atoms with Gasteiger partial charge in [-0.2, -0.15) is 0 Å². The molecular weight excluding hydrogens is 480 g/mol. The Kier molecular flexibility index (Phi) is 13.1. The Balaban J connectivity index is 0.000000250. The Bertz CT molecular complexity index is 1030. The topological polar surface area (TPSA) is 128 Å². The largest absolute Gasteiger partial charge is 0.506 e. The molecule has 7 nitrogen and oxygen atoms in total. The molecule has 0 spiro atoms. The van der Waals surface area contributed by atoms with Crippen LogP contribution in [0, 0.1) is 6.92 Å². The van der Waals surface area contributed by atoms with Crippen LogP contribution in [-0.4, -0.2) is 36.3 Å². The molecule has 0 aliphatic rings. The first-order valence-corrected chi connectivity index (χ1v) is 11.3. The number of halogens is 1. The standard InChI is InChI=1S/C10H8S2.C7H7ClO.C6H14N4O2/c11-10-7-6-9(12-10)8-4-2-1-3-5-8;1-5-2-3-7(9)6(8)4-5;1-12-6(11)4-10(9)3-5(8)2-7/h1-7,11H;2-4,9H,1H3;3H,2,4,7-9H2,1H3/b;;5-3-. The van der Waals surface area contributed by atoms with E-state index >= 15 is 0 Å². The van der Waals surface area contributed by atoms with E-state index in [0.29, 0.717) is 10.7 Å². The molecule has 0 fully saturated rings. The predicted molar refractivity (Wildman–Crippen MR) is 139 cm³/mol. The molecule has 7 N–H and O–H groups in total. The maximum atomic E-state index is 10.6. The number of benzene rings is 2. The minimum atomic E-state index is -0.432. The molecule has 3 aromatic rings. The van der Waals surface area contributed by atoms with Crippen LogP contribution in [0.5, 0.6) is 5.75 Å². The van der Waals surface area contributed by atoms with Gasteiger partial charge in [-0.25, -0.2) is 5.84 Å². The summed E-state index contributed by atoms with van der Waals surface area (Å²) in [5, 5.41) is 10.4. The van der Waals surface area contributed by atoms with E-state index in [4.69, 9.17) is 34.0 Å². The molecule has 0 saturated heterocycles. The molecule has 0 bridgehead atoms. The summed E-state index contributed by atoms with van der Waals surface area (Å²) in [6, 6.07) is 19.6. The first-order chi connectivity index (χ1) is 15.7. The lowest BCUT2D eigenvalue weighted by Crippen LogP contribution is -2.33. The summed E-state index contributed by atoms with van der Waals surface area (Å²) in [5.41, 5.74) is 13.3. The summed E-state index contributed by atoms with van der Waals surface area (Å²) >= 11 is 11.5. The zero-order valence-electron chi connectivity index (χ0n) is 18.4. The maximum absolute atomic E-state index is 10.6. The maximum Gasteiger partial charge on any atom is 0.326 e. The fourth-order valence-corrected chi connectivity index (χ4v) is 3.58. The minimum absolute atomic E-state index is 0.0444. The number of hydrogen-bond acceptors (Lipinski definition) is 9. The van der Waals surface area contributed by atoms with Crippen molar-refractivity contribution < 1.29 is 14.6 Å². The molecule has 0 saturated carbocycles. The van der Waals surface area contributed by atoms with Crippen LogP contribution < -0.4 is 17.3 Å². The van der Waals surface area contributed by atoms with Crippen molar-refractivity contribution in [3.8, 4) is 16.2 Å². The van der Waals surface area contributed by atoms with Crippen molar-refractivity contribution in [2.45, 2.75) is 11.1 Å². The number of esters is 1. The fourth-order valence-electron chi connectivity index (χ4n) is 2.22. The van der Waals surface area contributed by atoms with Gasteiger partial charge in [0, 0.05) is 23.3 Å². The Morgan fingerprint density at radius 3 is 2.36 bits per heavy atom. The summed E-state index contributed by atoms with van der Waals surface area (Å²) in [4.78, 5) is 11.9. The van der Waals surface area contributed by atoms with Crippen LogP contribution in [0.4, 0.5) is 0 Å². The molecule has 178 valence electrons. The number of carbonyl (C=O) groups is 1. The van der Waals surface area contributed by atoms with Crippen molar-refractivity contribution in [2.75, 3.05) is 20.2 Å². The van der Waals surface area contributed by atoms with Crippen molar-refractivity contribution >= 4 is 41.5 Å². The molecule has 0 aliphatic carbocycles. The number of aryl methyl sites for hydroxylation is 1. The average Bonchev–Trinajstić information content (AvgIpc) is 3.24. The quantitative estimate of drug-likeness (QED) is 0.151. The molecule has 0 amide bonds. The monoisotopic (exact) mass is 508 g/mol. The van der Waals surface area contributed by atoms with Crippen LogP contribution in [0.25, 0.3) is 10.4 Å². The number of hydrazine groups is 1. The van der Waals surface area contributed by atoms with Gasteiger partial charge in [0.2, 0.25) is 0 Å². The van der Waals surface area contributed by atoms with Crippen LogP contribution in [0.1, 0.15) is 5.56 Å².